The third kappa shape index (κ3) is 3.86. The number of aliphatic hydroxyl groups is 1. The van der Waals surface area contributed by atoms with Crippen molar-refractivity contribution in [3.05, 3.63) is 0 Å². The lowest BCUT2D eigenvalue weighted by atomic mass is 9.98. The average molecular weight is 261 g/mol. The van der Waals surface area contributed by atoms with Crippen molar-refractivity contribution in [2.24, 2.45) is 0 Å². The molecule has 1 aliphatic carbocycles. The zero-order valence-corrected chi connectivity index (χ0v) is 11.5. The van der Waals surface area contributed by atoms with Crippen LogP contribution in [0.25, 0.3) is 0 Å². The molecule has 2 atom stereocenters. The molecule has 1 saturated carbocycles. The fraction of sp³-hybridized carbons (Fsp3) is 0.917. The Morgan fingerprint density at radius 1 is 1.65 bits per heavy atom. The second-order valence-electron chi connectivity index (χ2n) is 4.37. The number of carbonyl (C=O) groups is 1. The molecular weight excluding hydrogens is 238 g/mol. The van der Waals surface area contributed by atoms with Gasteiger partial charge in [0, 0.05) is 11.9 Å². The third-order valence-corrected chi connectivity index (χ3v) is 4.67. The molecule has 0 radical (unpaired) electrons. The maximum atomic E-state index is 11.9. The summed E-state index contributed by atoms with van der Waals surface area (Å²) in [5, 5.41) is 12.4. The first kappa shape index (κ1) is 14.8. The molecule has 0 aromatic rings. The van der Waals surface area contributed by atoms with Crippen LogP contribution in [-0.4, -0.2) is 47.9 Å². The lowest BCUT2D eigenvalue weighted by molar-refractivity contribution is -0.150. The Morgan fingerprint density at radius 2 is 2.41 bits per heavy atom. The highest BCUT2D eigenvalue weighted by Gasteiger charge is 2.45. The number of nitrogens with one attached hydrogen (secondary N) is 1. The summed E-state index contributed by atoms with van der Waals surface area (Å²) in [5.41, 5.74) is -0.479. The summed E-state index contributed by atoms with van der Waals surface area (Å²) in [5.74, 6) is 0.844. The predicted molar refractivity (Wildman–Crippen MR) is 70.2 cm³/mol. The SMILES string of the molecule is CCOC(=O)C1(NC)CCC(SCCCO)C1. The first-order valence-electron chi connectivity index (χ1n) is 6.27. The van der Waals surface area contributed by atoms with E-state index in [2.05, 4.69) is 5.32 Å². The molecule has 0 aromatic heterocycles. The van der Waals surface area contributed by atoms with E-state index in [1.54, 1.807) is 0 Å². The van der Waals surface area contributed by atoms with Crippen LogP contribution in [0.1, 0.15) is 32.6 Å². The van der Waals surface area contributed by atoms with E-state index in [9.17, 15) is 4.79 Å². The molecule has 4 nitrogen and oxygen atoms in total. The van der Waals surface area contributed by atoms with E-state index in [0.717, 1.165) is 31.4 Å². The highest BCUT2D eigenvalue weighted by Crippen LogP contribution is 2.37. The molecular formula is C12H23NO3S. The van der Waals surface area contributed by atoms with Crippen LogP contribution >= 0.6 is 11.8 Å². The molecule has 0 aliphatic heterocycles. The van der Waals surface area contributed by atoms with Crippen LogP contribution < -0.4 is 5.32 Å². The maximum absolute atomic E-state index is 11.9. The zero-order chi connectivity index (χ0) is 12.7. The van der Waals surface area contributed by atoms with Crippen LogP contribution in [0.3, 0.4) is 0 Å². The van der Waals surface area contributed by atoms with Gasteiger partial charge >= 0.3 is 5.97 Å². The van der Waals surface area contributed by atoms with Crippen molar-refractivity contribution in [1.82, 2.24) is 5.32 Å². The van der Waals surface area contributed by atoms with E-state index in [1.165, 1.54) is 0 Å². The van der Waals surface area contributed by atoms with E-state index < -0.39 is 5.54 Å². The molecule has 1 fully saturated rings. The second-order valence-corrected chi connectivity index (χ2v) is 5.77. The monoisotopic (exact) mass is 261 g/mol. The first-order chi connectivity index (χ1) is 8.18. The molecule has 1 rings (SSSR count). The lowest BCUT2D eigenvalue weighted by Gasteiger charge is -2.26. The fourth-order valence-corrected chi connectivity index (χ4v) is 3.56. The van der Waals surface area contributed by atoms with Crippen LogP contribution in [0.5, 0.6) is 0 Å². The molecule has 0 aromatic carbocycles. The molecule has 100 valence electrons. The van der Waals surface area contributed by atoms with E-state index in [0.29, 0.717) is 11.9 Å². The number of hydrogen-bond acceptors (Lipinski definition) is 5. The van der Waals surface area contributed by atoms with Crippen molar-refractivity contribution in [3.63, 3.8) is 0 Å². The molecule has 5 heteroatoms. The zero-order valence-electron chi connectivity index (χ0n) is 10.7. The molecule has 0 bridgehead atoms. The van der Waals surface area contributed by atoms with Gasteiger partial charge in [0.05, 0.1) is 6.61 Å². The second kappa shape index (κ2) is 7.24. The van der Waals surface area contributed by atoms with Crippen molar-refractivity contribution in [1.29, 1.82) is 0 Å². The van der Waals surface area contributed by atoms with Crippen molar-refractivity contribution >= 4 is 17.7 Å². The van der Waals surface area contributed by atoms with Crippen molar-refractivity contribution in [2.45, 2.75) is 43.4 Å². The Kier molecular flexibility index (Phi) is 6.30. The fourth-order valence-electron chi connectivity index (χ4n) is 2.24. The largest absolute Gasteiger partial charge is 0.465 e. The van der Waals surface area contributed by atoms with Crippen LogP contribution in [0.4, 0.5) is 0 Å². The van der Waals surface area contributed by atoms with E-state index in [4.69, 9.17) is 9.84 Å². The minimum atomic E-state index is -0.479. The molecule has 2 unspecified atom stereocenters. The smallest absolute Gasteiger partial charge is 0.326 e. The summed E-state index contributed by atoms with van der Waals surface area (Å²) in [4.78, 5) is 11.9. The number of rotatable bonds is 7. The summed E-state index contributed by atoms with van der Waals surface area (Å²) in [6.07, 6.45) is 3.54. The number of ether oxygens (including phenoxy) is 1. The summed E-state index contributed by atoms with van der Waals surface area (Å²) < 4.78 is 5.14. The van der Waals surface area contributed by atoms with Gasteiger partial charge in [-0.3, -0.25) is 4.79 Å². The molecule has 0 heterocycles. The Hall–Kier alpha value is -0.260. The molecule has 1 aliphatic rings. The quantitative estimate of drug-likeness (QED) is 0.532. The summed E-state index contributed by atoms with van der Waals surface area (Å²) in [6, 6.07) is 0. The summed E-state index contributed by atoms with van der Waals surface area (Å²) in [7, 11) is 1.83. The van der Waals surface area contributed by atoms with E-state index in [1.807, 2.05) is 25.7 Å². The van der Waals surface area contributed by atoms with Crippen LogP contribution in [0, 0.1) is 0 Å². The minimum Gasteiger partial charge on any atom is -0.465 e. The van der Waals surface area contributed by atoms with Gasteiger partial charge in [-0.1, -0.05) is 0 Å². The average Bonchev–Trinajstić information content (AvgIpc) is 2.75. The number of carbonyl (C=O) groups excluding carboxylic acids is 1. The first-order valence-corrected chi connectivity index (χ1v) is 7.32. The Morgan fingerprint density at radius 3 is 3.00 bits per heavy atom. The normalized spacial score (nSPS) is 28.3. The Balaban J connectivity index is 2.46. The van der Waals surface area contributed by atoms with E-state index in [-0.39, 0.29) is 12.6 Å². The van der Waals surface area contributed by atoms with Gasteiger partial charge in [0.1, 0.15) is 5.54 Å². The van der Waals surface area contributed by atoms with Gasteiger partial charge in [-0.15, -0.1) is 0 Å². The minimum absolute atomic E-state index is 0.118. The molecule has 2 N–H and O–H groups in total. The van der Waals surface area contributed by atoms with Gasteiger partial charge in [0.25, 0.3) is 0 Å². The highest BCUT2D eigenvalue weighted by molar-refractivity contribution is 7.99. The Labute approximate surface area is 107 Å². The molecule has 0 spiro atoms. The Bertz CT molecular complexity index is 250. The van der Waals surface area contributed by atoms with E-state index >= 15 is 0 Å². The van der Waals surface area contributed by atoms with Crippen molar-refractivity contribution in [2.75, 3.05) is 26.0 Å². The number of likely N-dealkylation sites (N-methyl/N-ethyl adjacent to an activating group) is 1. The molecule has 0 saturated heterocycles. The van der Waals surface area contributed by atoms with Crippen molar-refractivity contribution < 1.29 is 14.6 Å². The third-order valence-electron chi connectivity index (χ3n) is 3.27. The lowest BCUT2D eigenvalue weighted by Crippen LogP contribution is -2.49. The number of hydrogen-bond donors (Lipinski definition) is 2. The van der Waals surface area contributed by atoms with Crippen LogP contribution in [-0.2, 0) is 9.53 Å². The summed E-state index contributed by atoms with van der Waals surface area (Å²) in [6.45, 7) is 2.52. The standard InChI is InChI=1S/C12H23NO3S/c1-3-16-11(15)12(13-2)6-5-10(9-12)17-8-4-7-14/h10,13-14H,3-9H2,1-2H3. The molecule has 17 heavy (non-hydrogen) atoms. The molecule has 0 amide bonds. The number of aliphatic hydroxyl groups excluding tert-OH is 1. The van der Waals surface area contributed by atoms with Crippen molar-refractivity contribution in [3.8, 4) is 0 Å². The topological polar surface area (TPSA) is 58.6 Å². The number of esters is 1. The van der Waals surface area contributed by atoms with Crippen LogP contribution in [0.15, 0.2) is 0 Å². The number of thioether (sulfide) groups is 1. The highest BCUT2D eigenvalue weighted by atomic mass is 32.2. The van der Waals surface area contributed by atoms with Gasteiger partial charge in [-0.2, -0.15) is 11.8 Å². The van der Waals surface area contributed by atoms with Gasteiger partial charge < -0.3 is 15.2 Å². The van der Waals surface area contributed by atoms with Gasteiger partial charge in [-0.05, 0) is 45.4 Å². The van der Waals surface area contributed by atoms with Crippen LogP contribution in [0.2, 0.25) is 0 Å². The van der Waals surface area contributed by atoms with Gasteiger partial charge in [0.15, 0.2) is 0 Å². The maximum Gasteiger partial charge on any atom is 0.326 e. The van der Waals surface area contributed by atoms with Gasteiger partial charge in [-0.25, -0.2) is 0 Å². The predicted octanol–water partition coefficient (Wildman–Crippen LogP) is 1.18. The summed E-state index contributed by atoms with van der Waals surface area (Å²) >= 11 is 1.85. The van der Waals surface area contributed by atoms with Gasteiger partial charge in [0.2, 0.25) is 0 Å².